The highest BCUT2D eigenvalue weighted by atomic mass is 79.9. The number of hydrogen-bond donors (Lipinski definition) is 1. The Morgan fingerprint density at radius 3 is 2.58 bits per heavy atom. The van der Waals surface area contributed by atoms with Gasteiger partial charge in [-0.3, -0.25) is 0 Å². The monoisotopic (exact) mass is 325 g/mol. The van der Waals surface area contributed by atoms with Crippen LogP contribution < -0.4 is 10.5 Å². The fourth-order valence-electron chi connectivity index (χ4n) is 2.91. The van der Waals surface area contributed by atoms with Crippen LogP contribution >= 0.6 is 15.9 Å². The van der Waals surface area contributed by atoms with Gasteiger partial charge in [0.25, 0.3) is 0 Å². The minimum atomic E-state index is 0.152. The van der Waals surface area contributed by atoms with Crippen LogP contribution in [0, 0.1) is 11.8 Å². The summed E-state index contributed by atoms with van der Waals surface area (Å²) in [5.74, 6) is 2.40. The molecule has 0 aromatic heterocycles. The number of halogens is 1. The first-order chi connectivity index (χ1) is 9.11. The fourth-order valence-corrected chi connectivity index (χ4v) is 3.43. The van der Waals surface area contributed by atoms with Gasteiger partial charge in [0.05, 0.1) is 11.1 Å². The Bertz CT molecular complexity index is 413. The summed E-state index contributed by atoms with van der Waals surface area (Å²) in [6, 6.07) is 6.40. The molecule has 1 atom stereocenters. The van der Waals surface area contributed by atoms with E-state index in [2.05, 4.69) is 35.0 Å². The Labute approximate surface area is 124 Å². The summed E-state index contributed by atoms with van der Waals surface area (Å²) in [5, 5.41) is 0. The van der Waals surface area contributed by atoms with Gasteiger partial charge in [0.2, 0.25) is 0 Å². The molecule has 0 heterocycles. The van der Waals surface area contributed by atoms with Crippen LogP contribution in [0.3, 0.4) is 0 Å². The number of hydrogen-bond acceptors (Lipinski definition) is 2. The second-order valence-electron chi connectivity index (χ2n) is 5.67. The molecule has 1 aromatic rings. The maximum atomic E-state index is 6.45. The van der Waals surface area contributed by atoms with Crippen LogP contribution in [0.2, 0.25) is 0 Å². The predicted octanol–water partition coefficient (Wildman–Crippen LogP) is 4.67. The van der Waals surface area contributed by atoms with Crippen molar-refractivity contribution in [3.05, 3.63) is 28.2 Å². The summed E-state index contributed by atoms with van der Waals surface area (Å²) >= 11 is 3.57. The molecule has 1 aliphatic carbocycles. The maximum Gasteiger partial charge on any atom is 0.133 e. The zero-order valence-electron chi connectivity index (χ0n) is 11.9. The number of nitrogens with two attached hydrogens (primary N) is 1. The molecule has 2 nitrogen and oxygen atoms in total. The van der Waals surface area contributed by atoms with Gasteiger partial charge in [-0.25, -0.2) is 0 Å². The number of ether oxygens (including phenoxy) is 1. The van der Waals surface area contributed by atoms with Gasteiger partial charge in [0.1, 0.15) is 5.75 Å². The molecular formula is C16H24BrNO. The Hall–Kier alpha value is -0.540. The van der Waals surface area contributed by atoms with Crippen LogP contribution in [0.4, 0.5) is 0 Å². The third-order valence-electron chi connectivity index (χ3n) is 4.21. The van der Waals surface area contributed by atoms with Gasteiger partial charge in [0.15, 0.2) is 0 Å². The highest BCUT2D eigenvalue weighted by Gasteiger charge is 2.25. The summed E-state index contributed by atoms with van der Waals surface area (Å²) in [6.07, 6.45) is 5.15. The summed E-state index contributed by atoms with van der Waals surface area (Å²) in [7, 11) is 0. The van der Waals surface area contributed by atoms with Gasteiger partial charge in [-0.2, -0.15) is 0 Å². The molecule has 1 unspecified atom stereocenters. The topological polar surface area (TPSA) is 35.2 Å². The molecule has 1 saturated carbocycles. The van der Waals surface area contributed by atoms with Crippen LogP contribution in [0.25, 0.3) is 0 Å². The molecule has 1 aromatic carbocycles. The standard InChI is InChI=1S/C16H24BrNO/c1-3-19-15-9-8-13(10-14(15)17)16(18)12-6-4-11(2)5-7-12/h8-12,16H,3-7,18H2,1-2H3. The van der Waals surface area contributed by atoms with E-state index < -0.39 is 0 Å². The molecule has 0 amide bonds. The van der Waals surface area contributed by atoms with E-state index in [9.17, 15) is 0 Å². The van der Waals surface area contributed by atoms with Gasteiger partial charge >= 0.3 is 0 Å². The van der Waals surface area contributed by atoms with E-state index in [1.54, 1.807) is 0 Å². The molecule has 2 N–H and O–H groups in total. The molecule has 0 radical (unpaired) electrons. The van der Waals surface area contributed by atoms with E-state index in [-0.39, 0.29) is 6.04 Å². The van der Waals surface area contributed by atoms with Crippen LogP contribution in [0.5, 0.6) is 5.75 Å². The van der Waals surface area contributed by atoms with Crippen molar-refractivity contribution in [1.82, 2.24) is 0 Å². The van der Waals surface area contributed by atoms with Crippen molar-refractivity contribution in [3.63, 3.8) is 0 Å². The SMILES string of the molecule is CCOc1ccc(C(N)C2CCC(C)CC2)cc1Br. The quantitative estimate of drug-likeness (QED) is 0.872. The van der Waals surface area contributed by atoms with Gasteiger partial charge in [-0.15, -0.1) is 0 Å². The summed E-state index contributed by atoms with van der Waals surface area (Å²) in [5.41, 5.74) is 7.66. The smallest absolute Gasteiger partial charge is 0.133 e. The molecule has 19 heavy (non-hydrogen) atoms. The van der Waals surface area contributed by atoms with Crippen LogP contribution in [0.1, 0.15) is 51.1 Å². The van der Waals surface area contributed by atoms with Gasteiger partial charge in [-0.05, 0) is 65.2 Å². The van der Waals surface area contributed by atoms with Crippen molar-refractivity contribution in [2.24, 2.45) is 17.6 Å². The molecule has 3 heteroatoms. The second kappa shape index (κ2) is 6.76. The normalized spacial score (nSPS) is 25.1. The maximum absolute atomic E-state index is 6.45. The van der Waals surface area contributed by atoms with E-state index in [4.69, 9.17) is 10.5 Å². The van der Waals surface area contributed by atoms with E-state index in [1.807, 2.05) is 13.0 Å². The molecule has 0 aliphatic heterocycles. The first-order valence-electron chi connectivity index (χ1n) is 7.29. The minimum absolute atomic E-state index is 0.152. The zero-order valence-corrected chi connectivity index (χ0v) is 13.4. The third-order valence-corrected chi connectivity index (χ3v) is 4.83. The molecule has 2 rings (SSSR count). The number of benzene rings is 1. The van der Waals surface area contributed by atoms with Gasteiger partial charge < -0.3 is 10.5 Å². The molecule has 1 aliphatic rings. The lowest BCUT2D eigenvalue weighted by Crippen LogP contribution is -2.25. The Kier molecular flexibility index (Phi) is 5.28. The molecular weight excluding hydrogens is 302 g/mol. The van der Waals surface area contributed by atoms with Crippen molar-refractivity contribution in [1.29, 1.82) is 0 Å². The minimum Gasteiger partial charge on any atom is -0.493 e. The Morgan fingerprint density at radius 1 is 1.32 bits per heavy atom. The van der Waals surface area contributed by atoms with Gasteiger partial charge in [0, 0.05) is 6.04 Å². The zero-order chi connectivity index (χ0) is 13.8. The first kappa shape index (κ1) is 14.9. The molecule has 0 bridgehead atoms. The van der Waals surface area contributed by atoms with E-state index >= 15 is 0 Å². The largest absolute Gasteiger partial charge is 0.493 e. The van der Waals surface area contributed by atoms with Crippen LogP contribution in [-0.2, 0) is 0 Å². The highest BCUT2D eigenvalue weighted by Crippen LogP contribution is 2.37. The van der Waals surface area contributed by atoms with Crippen molar-refractivity contribution < 1.29 is 4.74 Å². The lowest BCUT2D eigenvalue weighted by atomic mass is 9.78. The van der Waals surface area contributed by atoms with E-state index in [0.29, 0.717) is 12.5 Å². The Morgan fingerprint density at radius 2 is 2.00 bits per heavy atom. The Balaban J connectivity index is 2.06. The lowest BCUT2D eigenvalue weighted by Gasteiger charge is -2.31. The van der Waals surface area contributed by atoms with Crippen molar-refractivity contribution >= 4 is 15.9 Å². The third kappa shape index (κ3) is 3.73. The summed E-state index contributed by atoms with van der Waals surface area (Å²) < 4.78 is 6.55. The fraction of sp³-hybridized carbons (Fsp3) is 0.625. The predicted molar refractivity (Wildman–Crippen MR) is 83.4 cm³/mol. The van der Waals surface area contributed by atoms with Crippen LogP contribution in [-0.4, -0.2) is 6.61 Å². The van der Waals surface area contributed by atoms with Crippen molar-refractivity contribution in [2.45, 2.75) is 45.6 Å². The average molecular weight is 326 g/mol. The first-order valence-corrected chi connectivity index (χ1v) is 8.09. The molecule has 0 spiro atoms. The lowest BCUT2D eigenvalue weighted by molar-refractivity contribution is 0.256. The highest BCUT2D eigenvalue weighted by molar-refractivity contribution is 9.10. The second-order valence-corrected chi connectivity index (χ2v) is 6.52. The summed E-state index contributed by atoms with van der Waals surface area (Å²) in [4.78, 5) is 0. The van der Waals surface area contributed by atoms with Gasteiger partial charge in [-0.1, -0.05) is 25.8 Å². The molecule has 1 fully saturated rings. The van der Waals surface area contributed by atoms with Crippen LogP contribution in [0.15, 0.2) is 22.7 Å². The average Bonchev–Trinajstić information content (AvgIpc) is 2.41. The van der Waals surface area contributed by atoms with E-state index in [0.717, 1.165) is 16.1 Å². The summed E-state index contributed by atoms with van der Waals surface area (Å²) in [6.45, 7) is 5.02. The van der Waals surface area contributed by atoms with Crippen molar-refractivity contribution in [3.8, 4) is 5.75 Å². The van der Waals surface area contributed by atoms with E-state index in [1.165, 1.54) is 31.2 Å². The molecule has 106 valence electrons. The molecule has 0 saturated heterocycles. The van der Waals surface area contributed by atoms with Crippen molar-refractivity contribution in [2.75, 3.05) is 6.61 Å². The number of rotatable bonds is 4.